The number of carbonyl (C=O) groups is 2. The van der Waals surface area contributed by atoms with E-state index in [-0.39, 0.29) is 17.1 Å². The van der Waals surface area contributed by atoms with Gasteiger partial charge < -0.3 is 15.4 Å². The molecule has 0 aliphatic heterocycles. The van der Waals surface area contributed by atoms with Crippen LogP contribution in [-0.2, 0) is 4.79 Å². The summed E-state index contributed by atoms with van der Waals surface area (Å²) in [5.74, 6) is 0.522. The van der Waals surface area contributed by atoms with Gasteiger partial charge in [-0.2, -0.15) is 0 Å². The molecule has 180 valence electrons. The number of thiazole rings is 1. The predicted molar refractivity (Wildman–Crippen MR) is 145 cm³/mol. The number of amides is 2. The van der Waals surface area contributed by atoms with Gasteiger partial charge in [0.25, 0.3) is 5.91 Å². The summed E-state index contributed by atoms with van der Waals surface area (Å²) < 4.78 is 6.51. The molecule has 8 heteroatoms. The molecule has 0 radical (unpaired) electrons. The van der Waals surface area contributed by atoms with Crippen LogP contribution in [0.2, 0.25) is 0 Å². The number of hydrogen-bond donors (Lipinski definition) is 2. The van der Waals surface area contributed by atoms with Crippen molar-refractivity contribution in [2.24, 2.45) is 0 Å². The molecule has 6 nitrogen and oxygen atoms in total. The summed E-state index contributed by atoms with van der Waals surface area (Å²) >= 11 is 2.89. The molecule has 1 unspecified atom stereocenters. The second-order valence-electron chi connectivity index (χ2n) is 7.93. The Balaban J connectivity index is 1.41. The normalized spacial score (nSPS) is 11.7. The Morgan fingerprint density at radius 2 is 1.83 bits per heavy atom. The number of thioether (sulfide) groups is 1. The van der Waals surface area contributed by atoms with Crippen molar-refractivity contribution in [1.82, 2.24) is 4.98 Å². The molecule has 0 spiro atoms. The highest BCUT2D eigenvalue weighted by molar-refractivity contribution is 8.00. The van der Waals surface area contributed by atoms with E-state index in [0.29, 0.717) is 29.4 Å². The summed E-state index contributed by atoms with van der Waals surface area (Å²) in [6.45, 7) is 6.50. The lowest BCUT2D eigenvalue weighted by Crippen LogP contribution is -2.24. The second kappa shape index (κ2) is 11.4. The molecule has 0 bridgehead atoms. The lowest BCUT2D eigenvalue weighted by atomic mass is 10.1. The zero-order valence-corrected chi connectivity index (χ0v) is 21.5. The maximum Gasteiger partial charge on any atom is 0.255 e. The Morgan fingerprint density at radius 1 is 1.03 bits per heavy atom. The predicted octanol–water partition coefficient (Wildman–Crippen LogP) is 6.77. The van der Waals surface area contributed by atoms with Gasteiger partial charge in [-0.25, -0.2) is 4.98 Å². The zero-order chi connectivity index (χ0) is 24.8. The molecule has 0 fully saturated rings. The van der Waals surface area contributed by atoms with Crippen LogP contribution in [0, 0.1) is 6.92 Å². The Labute approximate surface area is 213 Å². The molecular weight excluding hydrogens is 478 g/mol. The monoisotopic (exact) mass is 505 g/mol. The van der Waals surface area contributed by atoms with E-state index in [4.69, 9.17) is 4.74 Å². The van der Waals surface area contributed by atoms with Crippen molar-refractivity contribution < 1.29 is 14.3 Å². The molecule has 2 N–H and O–H groups in total. The Bertz CT molecular complexity index is 1340. The standard InChI is InChI=1S/C27H27N3O3S2/c1-4-23(26(32)30-27-29-22-14-13-20(33-5-2)16-24(22)35-27)34-21-8-6-7-19(15-21)28-25(31)18-11-9-17(3)10-12-18/h6-16,23H,4-5H2,1-3H3,(H,28,31)(H,29,30,32). The van der Waals surface area contributed by atoms with Crippen LogP contribution in [0.1, 0.15) is 36.2 Å². The third-order valence-electron chi connectivity index (χ3n) is 5.25. The number of carbonyl (C=O) groups excluding carboxylic acids is 2. The number of nitrogens with one attached hydrogen (secondary N) is 2. The number of aryl methyl sites for hydroxylation is 1. The fraction of sp³-hybridized carbons (Fsp3) is 0.222. The third-order valence-corrected chi connectivity index (χ3v) is 7.54. The molecule has 0 aliphatic carbocycles. The number of hydrogen-bond acceptors (Lipinski definition) is 6. The molecule has 35 heavy (non-hydrogen) atoms. The number of fused-ring (bicyclic) bond motifs is 1. The van der Waals surface area contributed by atoms with Crippen LogP contribution in [0.25, 0.3) is 10.2 Å². The van der Waals surface area contributed by atoms with Crippen molar-refractivity contribution in [1.29, 1.82) is 0 Å². The van der Waals surface area contributed by atoms with E-state index >= 15 is 0 Å². The van der Waals surface area contributed by atoms with Gasteiger partial charge in [-0.05, 0) is 68.8 Å². The van der Waals surface area contributed by atoms with E-state index in [1.54, 1.807) is 12.1 Å². The van der Waals surface area contributed by atoms with E-state index in [2.05, 4.69) is 15.6 Å². The van der Waals surface area contributed by atoms with Gasteiger partial charge in [-0.1, -0.05) is 42.0 Å². The van der Waals surface area contributed by atoms with Crippen molar-refractivity contribution >= 4 is 55.9 Å². The first-order valence-electron chi connectivity index (χ1n) is 11.4. The minimum atomic E-state index is -0.302. The molecule has 0 aliphatic rings. The van der Waals surface area contributed by atoms with Gasteiger partial charge in [0.1, 0.15) is 5.75 Å². The van der Waals surface area contributed by atoms with Crippen LogP contribution in [0.4, 0.5) is 10.8 Å². The fourth-order valence-electron chi connectivity index (χ4n) is 3.44. The largest absolute Gasteiger partial charge is 0.494 e. The molecule has 0 saturated heterocycles. The Hall–Kier alpha value is -3.36. The van der Waals surface area contributed by atoms with Crippen LogP contribution in [0.3, 0.4) is 0 Å². The Morgan fingerprint density at radius 3 is 2.57 bits per heavy atom. The average molecular weight is 506 g/mol. The van der Waals surface area contributed by atoms with Gasteiger partial charge in [0, 0.05) is 16.1 Å². The second-order valence-corrected chi connectivity index (χ2v) is 10.2. The molecule has 1 aromatic heterocycles. The number of ether oxygens (including phenoxy) is 1. The molecule has 2 amide bonds. The average Bonchev–Trinajstić information content (AvgIpc) is 3.24. The first-order valence-corrected chi connectivity index (χ1v) is 13.1. The van der Waals surface area contributed by atoms with Gasteiger partial charge in [-0.15, -0.1) is 11.8 Å². The Kier molecular flexibility index (Phi) is 8.05. The van der Waals surface area contributed by atoms with Crippen LogP contribution in [-0.4, -0.2) is 28.7 Å². The van der Waals surface area contributed by atoms with Crippen molar-refractivity contribution in [3.63, 3.8) is 0 Å². The highest BCUT2D eigenvalue weighted by Crippen LogP contribution is 2.32. The summed E-state index contributed by atoms with van der Waals surface area (Å²) in [5, 5.41) is 6.16. The molecular formula is C27H27N3O3S2. The summed E-state index contributed by atoms with van der Waals surface area (Å²) in [6.07, 6.45) is 0.649. The van der Waals surface area contributed by atoms with Crippen LogP contribution in [0.15, 0.2) is 71.6 Å². The van der Waals surface area contributed by atoms with E-state index in [1.165, 1.54) is 23.1 Å². The van der Waals surface area contributed by atoms with E-state index < -0.39 is 0 Å². The highest BCUT2D eigenvalue weighted by Gasteiger charge is 2.20. The van der Waals surface area contributed by atoms with Gasteiger partial charge in [0.05, 0.1) is 22.1 Å². The maximum atomic E-state index is 13.0. The van der Waals surface area contributed by atoms with Gasteiger partial charge in [0.15, 0.2) is 5.13 Å². The lowest BCUT2D eigenvalue weighted by molar-refractivity contribution is -0.115. The summed E-state index contributed by atoms with van der Waals surface area (Å²) in [7, 11) is 0. The molecule has 1 atom stereocenters. The fourth-order valence-corrected chi connectivity index (χ4v) is 5.35. The zero-order valence-electron chi connectivity index (χ0n) is 19.8. The van der Waals surface area contributed by atoms with Crippen molar-refractivity contribution in [2.75, 3.05) is 17.2 Å². The van der Waals surface area contributed by atoms with E-state index in [1.807, 2.05) is 75.4 Å². The number of nitrogens with zero attached hydrogens (tertiary/aromatic N) is 1. The number of benzene rings is 3. The van der Waals surface area contributed by atoms with Crippen LogP contribution in [0.5, 0.6) is 5.75 Å². The minimum absolute atomic E-state index is 0.101. The van der Waals surface area contributed by atoms with Crippen molar-refractivity contribution in [3.8, 4) is 5.75 Å². The third kappa shape index (κ3) is 6.41. The van der Waals surface area contributed by atoms with Crippen LogP contribution < -0.4 is 15.4 Å². The first kappa shape index (κ1) is 24.8. The van der Waals surface area contributed by atoms with Gasteiger partial charge >= 0.3 is 0 Å². The summed E-state index contributed by atoms with van der Waals surface area (Å²) in [6, 6.07) is 20.7. The maximum absolute atomic E-state index is 13.0. The molecule has 0 saturated carbocycles. The highest BCUT2D eigenvalue weighted by atomic mass is 32.2. The summed E-state index contributed by atoms with van der Waals surface area (Å²) in [5.41, 5.74) is 3.22. The topological polar surface area (TPSA) is 80.3 Å². The minimum Gasteiger partial charge on any atom is -0.494 e. The molecule has 3 aromatic carbocycles. The quantitative estimate of drug-likeness (QED) is 0.246. The summed E-state index contributed by atoms with van der Waals surface area (Å²) in [4.78, 5) is 31.0. The number of anilines is 2. The van der Waals surface area contributed by atoms with Crippen molar-refractivity contribution in [2.45, 2.75) is 37.3 Å². The first-order chi connectivity index (χ1) is 16.9. The van der Waals surface area contributed by atoms with Crippen LogP contribution >= 0.6 is 23.1 Å². The molecule has 4 rings (SSSR count). The SMILES string of the molecule is CCOc1ccc2nc(NC(=O)C(CC)Sc3cccc(NC(=O)c4ccc(C)cc4)c3)sc2c1. The number of rotatable bonds is 9. The molecule has 4 aromatic rings. The van der Waals surface area contributed by atoms with E-state index in [0.717, 1.165) is 26.4 Å². The van der Waals surface area contributed by atoms with E-state index in [9.17, 15) is 9.59 Å². The lowest BCUT2D eigenvalue weighted by Gasteiger charge is -2.14. The van der Waals surface area contributed by atoms with Crippen molar-refractivity contribution in [3.05, 3.63) is 77.9 Å². The number of aromatic nitrogens is 1. The smallest absolute Gasteiger partial charge is 0.255 e. The van der Waals surface area contributed by atoms with Gasteiger partial charge in [-0.3, -0.25) is 9.59 Å². The van der Waals surface area contributed by atoms with Gasteiger partial charge in [0.2, 0.25) is 5.91 Å². The molecule has 1 heterocycles.